The lowest BCUT2D eigenvalue weighted by atomic mass is 10.3. The summed E-state index contributed by atoms with van der Waals surface area (Å²) < 4.78 is 21.6. The maximum Gasteiger partial charge on any atom is 0.437 e. The molecule has 3 N–H and O–H groups in total. The molecular weight excluding hydrogens is 490 g/mol. The van der Waals surface area contributed by atoms with Gasteiger partial charge in [-0.1, -0.05) is 0 Å². The number of amides is 1. The molecule has 1 amide bonds. The highest BCUT2D eigenvalue weighted by atomic mass is 127. The molecule has 1 aromatic heterocycles. The van der Waals surface area contributed by atoms with E-state index in [4.69, 9.17) is 14.7 Å². The van der Waals surface area contributed by atoms with Crippen LogP contribution in [-0.4, -0.2) is 33.5 Å². The van der Waals surface area contributed by atoms with Crippen LogP contribution in [0.4, 0.5) is 20.7 Å². The molecule has 0 radical (unpaired) electrons. The Balaban J connectivity index is 2.39. The van der Waals surface area contributed by atoms with Crippen LogP contribution >= 0.6 is 22.6 Å². The van der Waals surface area contributed by atoms with E-state index >= 15 is 0 Å². The maximum atomic E-state index is 14.2. The van der Waals surface area contributed by atoms with Gasteiger partial charge in [0, 0.05) is 24.3 Å². The van der Waals surface area contributed by atoms with E-state index in [0.717, 1.165) is 9.13 Å². The maximum absolute atomic E-state index is 14.2. The number of hydrogen-bond acceptors (Lipinski definition) is 7. The number of carbonyl (C=O) groups is 1. The van der Waals surface area contributed by atoms with Crippen LogP contribution in [0.15, 0.2) is 27.8 Å². The summed E-state index contributed by atoms with van der Waals surface area (Å²) in [7, 11) is 2.54. The summed E-state index contributed by atoms with van der Waals surface area (Å²) in [6.45, 7) is -0.108. The summed E-state index contributed by atoms with van der Waals surface area (Å²) in [4.78, 5) is 41.3. The number of hydrogen-bond donors (Lipinski definition) is 3. The first-order chi connectivity index (χ1) is 13.3. The molecule has 0 aliphatic rings. The van der Waals surface area contributed by atoms with E-state index in [9.17, 15) is 18.8 Å². The molecule has 0 saturated heterocycles. The molecule has 152 valence electrons. The van der Waals surface area contributed by atoms with Crippen molar-refractivity contribution in [1.29, 1.82) is 0 Å². The van der Waals surface area contributed by atoms with E-state index in [1.165, 1.54) is 26.2 Å². The number of aromatic nitrogens is 2. The lowest BCUT2D eigenvalue weighted by Gasteiger charge is -2.17. The van der Waals surface area contributed by atoms with E-state index in [-0.39, 0.29) is 31.1 Å². The van der Waals surface area contributed by atoms with Gasteiger partial charge >= 0.3 is 17.3 Å². The number of rotatable bonds is 7. The Morgan fingerprint density at radius 1 is 1.29 bits per heavy atom. The highest BCUT2D eigenvalue weighted by Crippen LogP contribution is 2.25. The van der Waals surface area contributed by atoms with Gasteiger partial charge in [-0.15, -0.1) is 0 Å². The zero-order valence-corrected chi connectivity index (χ0v) is 17.1. The molecule has 0 spiro atoms. The fourth-order valence-electron chi connectivity index (χ4n) is 2.12. The number of anilines is 2. The van der Waals surface area contributed by atoms with E-state index in [1.807, 2.05) is 28.1 Å². The summed E-state index contributed by atoms with van der Waals surface area (Å²) >= 11 is 1.93. The second-order valence-corrected chi connectivity index (χ2v) is 6.80. The van der Waals surface area contributed by atoms with Crippen LogP contribution < -0.4 is 26.8 Å². The summed E-state index contributed by atoms with van der Waals surface area (Å²) in [5.74, 6) is -1.35. The fraction of sp³-hybridized carbons (Fsp3) is 0.312. The first-order valence-corrected chi connectivity index (χ1v) is 9.06. The molecule has 0 bridgehead atoms. The molecule has 2 rings (SSSR count). The molecule has 0 atom stereocenters. The molecule has 0 saturated carbocycles. The quantitative estimate of drug-likeness (QED) is 0.290. The number of nitrogens with one attached hydrogen (secondary N) is 2. The molecule has 1 heterocycles. The summed E-state index contributed by atoms with van der Waals surface area (Å²) in [6, 6.07) is 4.29. The molecule has 0 aliphatic heterocycles. The minimum Gasteiger partial charge on any atom is -0.399 e. The third kappa shape index (κ3) is 5.08. The Hall–Kier alpha value is -2.45. The van der Waals surface area contributed by atoms with Crippen molar-refractivity contribution in [3.05, 3.63) is 48.4 Å². The number of ether oxygens (including phenoxy) is 1. The first-order valence-electron chi connectivity index (χ1n) is 7.98. The molecule has 2 aromatic rings. The van der Waals surface area contributed by atoms with Gasteiger partial charge < -0.3 is 15.2 Å². The smallest absolute Gasteiger partial charge is 0.399 e. The highest BCUT2D eigenvalue weighted by Gasteiger charge is 2.21. The standard InChI is InChI=1S/C16H18FIN4O6/c1-21-13(19-11-5-4-9(18)8-10(11)17)12(14(24)22(2)16(21)26)28-15(25)20-27-7-3-6-23/h4-5,8,19,23H,3,6-7H2,1-2H3,(H,20,25). The van der Waals surface area contributed by atoms with Gasteiger partial charge in [-0.2, -0.15) is 5.48 Å². The molecule has 0 unspecified atom stereocenters. The number of carbonyl (C=O) groups excluding carboxylic acids is 1. The predicted molar refractivity (Wildman–Crippen MR) is 106 cm³/mol. The number of aliphatic hydroxyl groups is 1. The number of aliphatic hydroxyl groups excluding tert-OH is 1. The van der Waals surface area contributed by atoms with Gasteiger partial charge in [0.25, 0.3) is 0 Å². The first kappa shape index (κ1) is 21.8. The topological polar surface area (TPSA) is 124 Å². The Morgan fingerprint density at radius 2 is 2.00 bits per heavy atom. The molecule has 0 fully saturated rings. The van der Waals surface area contributed by atoms with Crippen molar-refractivity contribution >= 4 is 40.2 Å². The van der Waals surface area contributed by atoms with Gasteiger partial charge in [-0.05, 0) is 47.2 Å². The van der Waals surface area contributed by atoms with Gasteiger partial charge in [0.1, 0.15) is 5.82 Å². The van der Waals surface area contributed by atoms with Gasteiger partial charge in [0.15, 0.2) is 5.82 Å². The van der Waals surface area contributed by atoms with Crippen LogP contribution in [-0.2, 0) is 18.9 Å². The van der Waals surface area contributed by atoms with Crippen molar-refractivity contribution in [2.24, 2.45) is 14.1 Å². The molecule has 10 nitrogen and oxygen atoms in total. The average Bonchev–Trinajstić information content (AvgIpc) is 2.66. The van der Waals surface area contributed by atoms with Gasteiger partial charge in [0.2, 0.25) is 5.75 Å². The number of hydroxylamine groups is 1. The largest absolute Gasteiger partial charge is 0.437 e. The van der Waals surface area contributed by atoms with Crippen molar-refractivity contribution in [1.82, 2.24) is 14.6 Å². The minimum atomic E-state index is -1.13. The van der Waals surface area contributed by atoms with E-state index < -0.39 is 28.9 Å². The van der Waals surface area contributed by atoms with E-state index in [2.05, 4.69) is 5.32 Å². The monoisotopic (exact) mass is 508 g/mol. The van der Waals surface area contributed by atoms with Gasteiger partial charge in [-0.25, -0.2) is 14.0 Å². The van der Waals surface area contributed by atoms with Crippen LogP contribution in [0.25, 0.3) is 0 Å². The Bertz CT molecular complexity index is 990. The van der Waals surface area contributed by atoms with Crippen molar-refractivity contribution in [2.75, 3.05) is 18.5 Å². The predicted octanol–water partition coefficient (Wildman–Crippen LogP) is 0.974. The zero-order valence-electron chi connectivity index (χ0n) is 15.0. The van der Waals surface area contributed by atoms with Crippen LogP contribution in [0.5, 0.6) is 5.75 Å². The van der Waals surface area contributed by atoms with Crippen LogP contribution in [0.1, 0.15) is 6.42 Å². The molecule has 0 aliphatic carbocycles. The summed E-state index contributed by atoms with van der Waals surface area (Å²) in [5, 5.41) is 11.3. The van der Waals surface area contributed by atoms with E-state index in [1.54, 1.807) is 6.07 Å². The third-order valence-electron chi connectivity index (χ3n) is 3.56. The lowest BCUT2D eigenvalue weighted by molar-refractivity contribution is 0.0374. The fourth-order valence-corrected chi connectivity index (χ4v) is 2.58. The minimum absolute atomic E-state index is 0.0203. The van der Waals surface area contributed by atoms with Crippen molar-refractivity contribution in [2.45, 2.75) is 6.42 Å². The molecule has 28 heavy (non-hydrogen) atoms. The number of halogens is 2. The van der Waals surface area contributed by atoms with E-state index in [0.29, 0.717) is 3.57 Å². The molecule has 1 aromatic carbocycles. The van der Waals surface area contributed by atoms with Crippen molar-refractivity contribution < 1.29 is 23.9 Å². The van der Waals surface area contributed by atoms with Crippen LogP contribution in [0, 0.1) is 9.39 Å². The second kappa shape index (κ2) is 9.66. The Kier molecular flexibility index (Phi) is 7.53. The van der Waals surface area contributed by atoms with Crippen LogP contribution in [0.3, 0.4) is 0 Å². The zero-order chi connectivity index (χ0) is 20.8. The van der Waals surface area contributed by atoms with Crippen LogP contribution in [0.2, 0.25) is 0 Å². The van der Waals surface area contributed by atoms with Crippen molar-refractivity contribution in [3.63, 3.8) is 0 Å². The van der Waals surface area contributed by atoms with Crippen molar-refractivity contribution in [3.8, 4) is 5.75 Å². The van der Waals surface area contributed by atoms with Gasteiger partial charge in [-0.3, -0.25) is 18.8 Å². The third-order valence-corrected chi connectivity index (χ3v) is 4.23. The Labute approximate surface area is 172 Å². The highest BCUT2D eigenvalue weighted by molar-refractivity contribution is 14.1. The Morgan fingerprint density at radius 3 is 2.64 bits per heavy atom. The summed E-state index contributed by atoms with van der Waals surface area (Å²) in [6.07, 6.45) is -0.847. The molecule has 12 heteroatoms. The number of benzene rings is 1. The average molecular weight is 508 g/mol. The lowest BCUT2D eigenvalue weighted by Crippen LogP contribution is -2.40. The normalized spacial score (nSPS) is 10.6. The summed E-state index contributed by atoms with van der Waals surface area (Å²) in [5.41, 5.74) is 0.321. The SMILES string of the molecule is Cn1c(Nc2ccc(I)cc2F)c(OC(=O)NOCCCO)c(=O)n(C)c1=O. The molecular formula is C16H18FIN4O6. The van der Waals surface area contributed by atoms with Gasteiger partial charge in [0.05, 0.1) is 12.3 Å². The second-order valence-electron chi connectivity index (χ2n) is 5.55. The number of nitrogens with zero attached hydrogens (tertiary/aromatic N) is 2.